The van der Waals surface area contributed by atoms with E-state index in [2.05, 4.69) is 35.1 Å². The highest BCUT2D eigenvalue weighted by Crippen LogP contribution is 1.72. The predicted octanol–water partition coefficient (Wildman–Crippen LogP) is 0.412. The zero-order valence-corrected chi connectivity index (χ0v) is 8.76. The average Bonchev–Trinajstić information content (AvgIpc) is 2.21. The number of rotatable bonds is 9. The number of hydrogen-bond acceptors (Lipinski definition) is 3. The fourth-order valence-electron chi connectivity index (χ4n) is 0.890. The summed E-state index contributed by atoms with van der Waals surface area (Å²) >= 11 is 0. The lowest BCUT2D eigenvalue weighted by Crippen LogP contribution is -2.18. The van der Waals surface area contributed by atoms with Crippen LogP contribution in [0.5, 0.6) is 0 Å². The molecule has 0 aliphatic rings. The van der Waals surface area contributed by atoms with Gasteiger partial charge in [-0.3, -0.25) is 0 Å². The summed E-state index contributed by atoms with van der Waals surface area (Å²) in [4.78, 5) is 0. The molecule has 3 heteroatoms. The Hall–Kier alpha value is -0.860. The second-order valence-corrected chi connectivity index (χ2v) is 2.88. The minimum atomic E-state index is 0.756. The smallest absolute Gasteiger partial charge is 0.0212 e. The van der Waals surface area contributed by atoms with Crippen molar-refractivity contribution >= 4 is 0 Å². The molecular weight excluding hydrogens is 174 g/mol. The second kappa shape index (κ2) is 12.1. The van der Waals surface area contributed by atoms with Gasteiger partial charge in [0.05, 0.1) is 0 Å². The molecule has 0 rings (SSSR count). The molecular formula is C11H21N3. The van der Waals surface area contributed by atoms with E-state index in [1.165, 1.54) is 0 Å². The summed E-state index contributed by atoms with van der Waals surface area (Å²) < 4.78 is 0. The topological polar surface area (TPSA) is 50.1 Å². The number of nitrogens with one attached hydrogen (secondary N) is 2. The van der Waals surface area contributed by atoms with Crippen molar-refractivity contribution in [1.82, 2.24) is 10.6 Å². The van der Waals surface area contributed by atoms with Gasteiger partial charge in [0.1, 0.15) is 0 Å². The zero-order chi connectivity index (χ0) is 10.5. The predicted molar refractivity (Wildman–Crippen MR) is 62.3 cm³/mol. The Morgan fingerprint density at radius 1 is 1.14 bits per heavy atom. The summed E-state index contributed by atoms with van der Waals surface area (Å²) in [6, 6.07) is 0. The van der Waals surface area contributed by atoms with Crippen LogP contribution in [0.15, 0.2) is 30.5 Å². The molecule has 0 fully saturated rings. The minimum Gasteiger partial charge on any atom is -0.330 e. The molecule has 0 radical (unpaired) electrons. The Morgan fingerprint density at radius 3 is 2.50 bits per heavy atom. The summed E-state index contributed by atoms with van der Waals surface area (Å²) in [7, 11) is 0. The maximum absolute atomic E-state index is 5.35. The second-order valence-electron chi connectivity index (χ2n) is 2.88. The van der Waals surface area contributed by atoms with E-state index in [0.717, 1.165) is 39.1 Å². The quantitative estimate of drug-likeness (QED) is 0.284. The van der Waals surface area contributed by atoms with Crippen LogP contribution in [0.25, 0.3) is 0 Å². The molecule has 80 valence electrons. The van der Waals surface area contributed by atoms with Gasteiger partial charge in [0.2, 0.25) is 0 Å². The van der Waals surface area contributed by atoms with Crippen molar-refractivity contribution in [2.75, 3.05) is 32.7 Å². The van der Waals surface area contributed by atoms with Gasteiger partial charge in [-0.05, 0) is 25.6 Å². The van der Waals surface area contributed by atoms with Gasteiger partial charge in [-0.15, -0.1) is 5.73 Å². The van der Waals surface area contributed by atoms with Crippen LogP contribution >= 0.6 is 0 Å². The highest BCUT2D eigenvalue weighted by Gasteiger charge is 1.81. The molecule has 0 aliphatic heterocycles. The molecule has 0 aromatic rings. The van der Waals surface area contributed by atoms with Crippen molar-refractivity contribution in [3.05, 3.63) is 30.5 Å². The van der Waals surface area contributed by atoms with Gasteiger partial charge in [0.25, 0.3) is 0 Å². The molecule has 0 heterocycles. The van der Waals surface area contributed by atoms with Crippen LogP contribution in [0.1, 0.15) is 6.42 Å². The first-order chi connectivity index (χ1) is 6.91. The fourth-order valence-corrected chi connectivity index (χ4v) is 0.890. The van der Waals surface area contributed by atoms with E-state index < -0.39 is 0 Å². The van der Waals surface area contributed by atoms with E-state index >= 15 is 0 Å². The van der Waals surface area contributed by atoms with Crippen molar-refractivity contribution in [3.63, 3.8) is 0 Å². The monoisotopic (exact) mass is 195 g/mol. The number of hydrogen-bond donors (Lipinski definition) is 3. The zero-order valence-electron chi connectivity index (χ0n) is 8.76. The largest absolute Gasteiger partial charge is 0.330 e. The van der Waals surface area contributed by atoms with E-state index in [1.807, 2.05) is 6.08 Å². The molecule has 14 heavy (non-hydrogen) atoms. The third-order valence-electron chi connectivity index (χ3n) is 1.64. The molecule has 0 amide bonds. The van der Waals surface area contributed by atoms with Gasteiger partial charge >= 0.3 is 0 Å². The highest BCUT2D eigenvalue weighted by atomic mass is 14.8. The lowest BCUT2D eigenvalue weighted by Gasteiger charge is -1.98. The first kappa shape index (κ1) is 13.1. The SMILES string of the molecule is C=C=CCNC/C=C/CNCCCN. The molecule has 0 saturated carbocycles. The highest BCUT2D eigenvalue weighted by molar-refractivity contribution is 4.87. The third-order valence-corrected chi connectivity index (χ3v) is 1.64. The molecule has 0 unspecified atom stereocenters. The lowest BCUT2D eigenvalue weighted by molar-refractivity contribution is 0.698. The summed E-state index contributed by atoms with van der Waals surface area (Å²) in [5, 5.41) is 6.46. The molecule has 0 aromatic carbocycles. The Kier molecular flexibility index (Phi) is 11.4. The summed E-state index contributed by atoms with van der Waals surface area (Å²) in [6.07, 6.45) is 7.12. The molecule has 0 bridgehead atoms. The Labute approximate surface area is 86.8 Å². The fraction of sp³-hybridized carbons (Fsp3) is 0.545. The van der Waals surface area contributed by atoms with Gasteiger partial charge in [-0.1, -0.05) is 18.7 Å². The van der Waals surface area contributed by atoms with Crippen LogP contribution in [-0.4, -0.2) is 32.7 Å². The van der Waals surface area contributed by atoms with E-state index in [0.29, 0.717) is 0 Å². The van der Waals surface area contributed by atoms with Gasteiger partial charge in [-0.2, -0.15) is 0 Å². The first-order valence-corrected chi connectivity index (χ1v) is 5.02. The van der Waals surface area contributed by atoms with Crippen LogP contribution < -0.4 is 16.4 Å². The summed E-state index contributed by atoms with van der Waals surface area (Å²) in [5.41, 5.74) is 8.06. The number of nitrogens with two attached hydrogens (primary N) is 1. The Bertz CT molecular complexity index is 181. The van der Waals surface area contributed by atoms with E-state index in [-0.39, 0.29) is 0 Å². The molecule has 0 aromatic heterocycles. The molecule has 4 N–H and O–H groups in total. The average molecular weight is 195 g/mol. The van der Waals surface area contributed by atoms with Crippen LogP contribution in [-0.2, 0) is 0 Å². The minimum absolute atomic E-state index is 0.756. The van der Waals surface area contributed by atoms with Crippen LogP contribution in [0.4, 0.5) is 0 Å². The van der Waals surface area contributed by atoms with E-state index in [4.69, 9.17) is 5.73 Å². The van der Waals surface area contributed by atoms with Gasteiger partial charge in [0.15, 0.2) is 0 Å². The van der Waals surface area contributed by atoms with Crippen molar-refractivity contribution < 1.29 is 0 Å². The van der Waals surface area contributed by atoms with Crippen molar-refractivity contribution in [1.29, 1.82) is 0 Å². The van der Waals surface area contributed by atoms with Crippen molar-refractivity contribution in [3.8, 4) is 0 Å². The summed E-state index contributed by atoms with van der Waals surface area (Å²) in [5.74, 6) is 0. The molecule has 0 spiro atoms. The first-order valence-electron chi connectivity index (χ1n) is 5.02. The maximum atomic E-state index is 5.35. The lowest BCUT2D eigenvalue weighted by atomic mass is 10.4. The van der Waals surface area contributed by atoms with Gasteiger partial charge in [0, 0.05) is 19.6 Å². The molecule has 0 atom stereocenters. The van der Waals surface area contributed by atoms with E-state index in [1.54, 1.807) is 0 Å². The van der Waals surface area contributed by atoms with Crippen LogP contribution in [0.3, 0.4) is 0 Å². The molecule has 3 nitrogen and oxygen atoms in total. The van der Waals surface area contributed by atoms with Crippen LogP contribution in [0, 0.1) is 0 Å². The van der Waals surface area contributed by atoms with Crippen LogP contribution in [0.2, 0.25) is 0 Å². The Balaban J connectivity index is 3.07. The van der Waals surface area contributed by atoms with E-state index in [9.17, 15) is 0 Å². The van der Waals surface area contributed by atoms with Gasteiger partial charge in [-0.25, -0.2) is 0 Å². The summed E-state index contributed by atoms with van der Waals surface area (Å²) in [6.45, 7) is 7.86. The molecule has 0 aliphatic carbocycles. The van der Waals surface area contributed by atoms with Gasteiger partial charge < -0.3 is 16.4 Å². The maximum Gasteiger partial charge on any atom is 0.0212 e. The standard InChI is InChI=1S/C11H21N3/c1-2-3-8-13-9-4-5-10-14-11-6-7-12/h3-5,13-14H,1,6-12H2/b5-4+. The normalized spacial score (nSPS) is 10.4. The Morgan fingerprint density at radius 2 is 1.86 bits per heavy atom. The molecule has 0 saturated heterocycles. The van der Waals surface area contributed by atoms with Crippen molar-refractivity contribution in [2.45, 2.75) is 6.42 Å². The van der Waals surface area contributed by atoms with Crippen molar-refractivity contribution in [2.24, 2.45) is 5.73 Å². The third kappa shape index (κ3) is 11.1.